The summed E-state index contributed by atoms with van der Waals surface area (Å²) in [7, 11) is 2.78. The van der Waals surface area contributed by atoms with Crippen LogP contribution < -0.4 is 103 Å². The summed E-state index contributed by atoms with van der Waals surface area (Å²) in [5.74, 6) is 0. The number of rotatable bonds is 2. The van der Waals surface area contributed by atoms with Crippen LogP contribution in [0.2, 0.25) is 34.1 Å². The summed E-state index contributed by atoms with van der Waals surface area (Å²) in [5, 5.41) is 74.9. The molecular formula is C8H44B18N24. The molecule has 250 valence electrons. The van der Waals surface area contributed by atoms with Crippen LogP contribution in [-0.2, 0) is 0 Å². The predicted octanol–water partition coefficient (Wildman–Crippen LogP) is -14.6. The fraction of sp³-hybridized carbons (Fsp3) is 1.00. The van der Waals surface area contributed by atoms with Gasteiger partial charge < -0.3 is 122 Å². The zero-order valence-electron chi connectivity index (χ0n) is 30.2. The zero-order valence-corrected chi connectivity index (χ0v) is 30.2. The summed E-state index contributed by atoms with van der Waals surface area (Å²) in [5.41, 5.74) is 0. The lowest BCUT2D eigenvalue weighted by molar-refractivity contribution is 0.648. The number of hydrogen-bond acceptors (Lipinski definition) is 24. The first kappa shape index (κ1) is 37.1. The van der Waals surface area contributed by atoms with Crippen molar-refractivity contribution in [3.05, 3.63) is 0 Å². The average molecular weight is 671 g/mol. The van der Waals surface area contributed by atoms with Gasteiger partial charge in [0.1, 0.15) is 0 Å². The third kappa shape index (κ3) is 7.44. The second kappa shape index (κ2) is 15.4. The summed E-state index contributed by atoms with van der Waals surface area (Å²) in [6, 6.07) is 0. The van der Waals surface area contributed by atoms with Crippen LogP contribution in [0.1, 0.15) is 0 Å². The van der Waals surface area contributed by atoms with Crippen LogP contribution in [0.15, 0.2) is 0 Å². The van der Waals surface area contributed by atoms with Gasteiger partial charge in [-0.1, -0.05) is 34.1 Å². The van der Waals surface area contributed by atoms with E-state index in [4.69, 9.17) is 0 Å². The first-order valence-electron chi connectivity index (χ1n) is 18.1. The van der Waals surface area contributed by atoms with Crippen LogP contribution in [-0.4, -0.2) is 167 Å². The topological polar surface area (TPSA) is 254 Å². The van der Waals surface area contributed by atoms with Gasteiger partial charge in [0.15, 0.2) is 0 Å². The first-order chi connectivity index (χ1) is 24.1. The molecular weight excluding hydrogens is 627 g/mol. The molecule has 42 heteroatoms. The molecule has 8 aliphatic heterocycles. The Morgan fingerprint density at radius 1 is 0.360 bits per heavy atom. The van der Waals surface area contributed by atoms with Gasteiger partial charge in [0, 0.05) is 0 Å². The van der Waals surface area contributed by atoms with Crippen molar-refractivity contribution in [2.75, 3.05) is 21.1 Å². The molecule has 8 rings (SSSR count). The lowest BCUT2D eigenvalue weighted by Crippen LogP contribution is -3.00. The van der Waals surface area contributed by atoms with Crippen LogP contribution in [0.5, 0.6) is 0 Å². The fourth-order valence-electron chi connectivity index (χ4n) is 8.54. The second-order valence-electron chi connectivity index (χ2n) is 14.5. The van der Waals surface area contributed by atoms with Gasteiger partial charge in [-0.15, -0.1) is 0 Å². The van der Waals surface area contributed by atoms with E-state index in [2.05, 4.69) is 163 Å². The molecule has 0 radical (unpaired) electrons. The Morgan fingerprint density at radius 2 is 0.780 bits per heavy atom. The Bertz CT molecular complexity index is 1180. The predicted molar refractivity (Wildman–Crippen MR) is 221 cm³/mol. The van der Waals surface area contributed by atoms with Gasteiger partial charge in [0.25, 0.3) is 34.9 Å². The molecule has 0 aromatic carbocycles. The smallest absolute Gasteiger partial charge is 0.372 e. The molecule has 0 aromatic rings. The zero-order chi connectivity index (χ0) is 34.8. The Kier molecular flexibility index (Phi) is 11.4. The van der Waals surface area contributed by atoms with Crippen LogP contribution in [0.3, 0.4) is 0 Å². The van der Waals surface area contributed by atoms with Crippen LogP contribution >= 0.6 is 0 Å². The number of fused-ring (bicyclic) bond motifs is 10. The van der Waals surface area contributed by atoms with Crippen LogP contribution in [0.25, 0.3) is 0 Å². The summed E-state index contributed by atoms with van der Waals surface area (Å²) >= 11 is 0. The molecule has 0 spiro atoms. The van der Waals surface area contributed by atoms with Crippen molar-refractivity contribution < 1.29 is 0 Å². The lowest BCUT2D eigenvalue weighted by Gasteiger charge is -2.55. The summed E-state index contributed by atoms with van der Waals surface area (Å²) in [6.45, 7) is 10.9. The van der Waals surface area contributed by atoms with Gasteiger partial charge in [-0.25, -0.2) is 0 Å². The van der Waals surface area contributed by atoms with E-state index in [0.717, 1.165) is 0 Å². The Labute approximate surface area is 303 Å². The minimum Gasteiger partial charge on any atom is -0.372 e. The lowest BCUT2D eigenvalue weighted by atomic mass is 9.40. The van der Waals surface area contributed by atoms with Crippen molar-refractivity contribution in [3.63, 3.8) is 0 Å². The van der Waals surface area contributed by atoms with E-state index in [1.54, 1.807) is 0 Å². The van der Waals surface area contributed by atoms with E-state index in [1.807, 2.05) is 14.1 Å². The highest BCUT2D eigenvalue weighted by Crippen LogP contribution is 2.12. The van der Waals surface area contributed by atoms with E-state index < -0.39 is 0 Å². The third-order valence-corrected chi connectivity index (χ3v) is 10.8. The highest BCUT2D eigenvalue weighted by Gasteiger charge is 2.59. The van der Waals surface area contributed by atoms with Crippen LogP contribution in [0.4, 0.5) is 0 Å². The largest absolute Gasteiger partial charge is 0.378 e. The maximum absolute atomic E-state index is 4.00. The standard InChI is InChI=1S/C8H44B18N24/c1-9-29-13(5)48-20-33-10(2)30-14(41-20)37-15-38-16-39-17-40-18(27-6)47(8)26(44-17)50-19(28-7)31-11(3)36-24(50)46-23-35-12(4)34-22(45-21(48)32-9)49(23)25(42-15)43-16/h27-46H,1-8H3. The van der Waals surface area contributed by atoms with Crippen molar-refractivity contribution in [1.29, 1.82) is 0 Å². The molecule has 0 atom stereocenters. The Morgan fingerprint density at radius 3 is 1.36 bits per heavy atom. The molecule has 8 fully saturated rings. The molecule has 8 saturated heterocycles. The van der Waals surface area contributed by atoms with Gasteiger partial charge in [0.2, 0.25) is 0 Å². The van der Waals surface area contributed by atoms with E-state index in [0.29, 0.717) is 0 Å². The summed E-state index contributed by atoms with van der Waals surface area (Å²) in [4.78, 5) is 0. The molecule has 0 aromatic heterocycles. The molecule has 0 saturated carbocycles. The molecule has 20 N–H and O–H groups in total. The SMILES string of the molecule is CNB1NB2NB3NB4NB5NB(C)NB(N5)N5B(C)NB(C)NB5NB5NB(C)NB(NB6NB(C)NB(NC)N6B(N2)N1C)N5B(N4)N3. The molecule has 8 aliphatic rings. The minimum absolute atomic E-state index is 0.0207. The van der Waals surface area contributed by atoms with E-state index in [1.165, 1.54) is 0 Å². The van der Waals surface area contributed by atoms with Gasteiger partial charge in [-0.3, -0.25) is 0 Å². The molecule has 50 heavy (non-hydrogen) atoms. The molecule has 8 heterocycles. The maximum atomic E-state index is 4.00. The quantitative estimate of drug-likeness (QED) is 0.122. The summed E-state index contributed by atoms with van der Waals surface area (Å²) < 4.78 is 9.33. The van der Waals surface area contributed by atoms with Crippen molar-refractivity contribution in [3.8, 4) is 0 Å². The van der Waals surface area contributed by atoms with Crippen LogP contribution in [0, 0.1) is 0 Å². The van der Waals surface area contributed by atoms with E-state index in [-0.39, 0.29) is 127 Å². The maximum Gasteiger partial charge on any atom is 0.378 e. The van der Waals surface area contributed by atoms with Gasteiger partial charge in [-0.2, -0.15) is 0 Å². The van der Waals surface area contributed by atoms with Crippen molar-refractivity contribution in [1.82, 2.24) is 122 Å². The Balaban J connectivity index is 1.21. The van der Waals surface area contributed by atoms with Crippen molar-refractivity contribution >= 4 is 127 Å². The third-order valence-electron chi connectivity index (χ3n) is 10.8. The highest BCUT2D eigenvalue weighted by atomic mass is 15.4. The van der Waals surface area contributed by atoms with E-state index in [9.17, 15) is 0 Å². The molecule has 0 amide bonds. The first-order valence-corrected chi connectivity index (χ1v) is 18.1. The number of hydrogen-bond donors (Lipinski definition) is 20. The number of nitrogens with one attached hydrogen (secondary N) is 20. The molecule has 24 nitrogen and oxygen atoms in total. The minimum atomic E-state index is -0.345. The van der Waals surface area contributed by atoms with Gasteiger partial charge in [-0.05, 0) is 21.1 Å². The van der Waals surface area contributed by atoms with E-state index >= 15 is 0 Å². The van der Waals surface area contributed by atoms with Gasteiger partial charge >= 0.3 is 92.5 Å². The molecule has 7 bridgehead atoms. The van der Waals surface area contributed by atoms with Crippen molar-refractivity contribution in [2.24, 2.45) is 0 Å². The molecule has 0 aliphatic carbocycles. The second-order valence-corrected chi connectivity index (χ2v) is 14.5. The van der Waals surface area contributed by atoms with Crippen molar-refractivity contribution in [2.45, 2.75) is 34.1 Å². The molecule has 0 unspecified atom stereocenters. The average Bonchev–Trinajstić information content (AvgIpc) is 3.03. The fourth-order valence-corrected chi connectivity index (χ4v) is 8.54. The summed E-state index contributed by atoms with van der Waals surface area (Å²) in [6.07, 6.45) is 0. The highest BCUT2D eigenvalue weighted by molar-refractivity contribution is 7.07. The monoisotopic (exact) mass is 675 g/mol. The number of nitrogens with zero attached hydrogens (tertiary/aromatic N) is 4. The Hall–Kier alpha value is 0.209. The van der Waals surface area contributed by atoms with Gasteiger partial charge in [0.05, 0.1) is 0 Å². The normalized spacial score (nSPS) is 26.9.